The molecular weight excluding hydrogens is 260 g/mol. The van der Waals surface area contributed by atoms with Gasteiger partial charge in [-0.3, -0.25) is 4.79 Å². The average Bonchev–Trinajstić information content (AvgIpc) is 2.87. The fourth-order valence-corrected chi connectivity index (χ4v) is 2.17. The average molecular weight is 276 g/mol. The number of ether oxygens (including phenoxy) is 1. The van der Waals surface area contributed by atoms with E-state index < -0.39 is 0 Å². The van der Waals surface area contributed by atoms with Crippen LogP contribution in [0.5, 0.6) is 0 Å². The van der Waals surface area contributed by atoms with E-state index >= 15 is 0 Å². The first-order valence-corrected chi connectivity index (χ1v) is 6.53. The Balaban J connectivity index is 1.78. The van der Waals surface area contributed by atoms with E-state index in [0.717, 1.165) is 18.8 Å². The SMILES string of the molecule is Cc1nc(Cn2ncc(N3CCOCC3)cc2=O)co1. The molecule has 0 atom stereocenters. The van der Waals surface area contributed by atoms with Crippen LogP contribution in [0, 0.1) is 6.92 Å². The second-order valence-corrected chi connectivity index (χ2v) is 4.67. The summed E-state index contributed by atoms with van der Waals surface area (Å²) in [6.45, 7) is 5.02. The smallest absolute Gasteiger partial charge is 0.269 e. The highest BCUT2D eigenvalue weighted by atomic mass is 16.5. The molecule has 106 valence electrons. The molecule has 0 N–H and O–H groups in total. The quantitative estimate of drug-likeness (QED) is 0.809. The Morgan fingerprint density at radius 2 is 2.15 bits per heavy atom. The first-order chi connectivity index (χ1) is 9.72. The molecule has 3 rings (SSSR count). The van der Waals surface area contributed by atoms with Crippen molar-refractivity contribution in [3.8, 4) is 0 Å². The summed E-state index contributed by atoms with van der Waals surface area (Å²) < 4.78 is 11.8. The standard InChI is InChI=1S/C13H16N4O3/c1-10-15-11(9-20-10)8-17-13(18)6-12(7-14-17)16-2-4-19-5-3-16/h6-7,9H,2-5,8H2,1H3. The minimum atomic E-state index is -0.144. The third-order valence-electron chi connectivity index (χ3n) is 3.21. The second kappa shape index (κ2) is 5.46. The van der Waals surface area contributed by atoms with Crippen LogP contribution < -0.4 is 10.5 Å². The second-order valence-electron chi connectivity index (χ2n) is 4.67. The molecule has 3 heterocycles. The summed E-state index contributed by atoms with van der Waals surface area (Å²) in [7, 11) is 0. The van der Waals surface area contributed by atoms with Gasteiger partial charge >= 0.3 is 0 Å². The Morgan fingerprint density at radius 1 is 1.35 bits per heavy atom. The summed E-state index contributed by atoms with van der Waals surface area (Å²) in [6.07, 6.45) is 3.25. The van der Waals surface area contributed by atoms with Gasteiger partial charge in [0.15, 0.2) is 5.89 Å². The predicted molar refractivity (Wildman–Crippen MR) is 71.9 cm³/mol. The molecule has 1 saturated heterocycles. The zero-order chi connectivity index (χ0) is 13.9. The molecule has 2 aromatic rings. The van der Waals surface area contributed by atoms with Crippen LogP contribution in [0.4, 0.5) is 5.69 Å². The van der Waals surface area contributed by atoms with Crippen LogP contribution in [-0.2, 0) is 11.3 Å². The van der Waals surface area contributed by atoms with Crippen LogP contribution in [0.2, 0.25) is 0 Å². The van der Waals surface area contributed by atoms with Gasteiger partial charge in [-0.2, -0.15) is 5.10 Å². The number of rotatable bonds is 3. The Hall–Kier alpha value is -2.15. The van der Waals surface area contributed by atoms with Crippen LogP contribution in [0.1, 0.15) is 11.6 Å². The maximum Gasteiger partial charge on any atom is 0.269 e. The van der Waals surface area contributed by atoms with E-state index in [4.69, 9.17) is 9.15 Å². The summed E-state index contributed by atoms with van der Waals surface area (Å²) in [5.74, 6) is 0.581. The zero-order valence-corrected chi connectivity index (χ0v) is 11.3. The Bertz CT molecular complexity index is 643. The molecule has 20 heavy (non-hydrogen) atoms. The minimum Gasteiger partial charge on any atom is -0.449 e. The number of nitrogens with zero attached hydrogens (tertiary/aromatic N) is 4. The highest BCUT2D eigenvalue weighted by Crippen LogP contribution is 2.11. The highest BCUT2D eigenvalue weighted by molar-refractivity contribution is 5.43. The fourth-order valence-electron chi connectivity index (χ4n) is 2.17. The molecule has 0 spiro atoms. The van der Waals surface area contributed by atoms with E-state index in [1.807, 2.05) is 0 Å². The first-order valence-electron chi connectivity index (χ1n) is 6.53. The van der Waals surface area contributed by atoms with Gasteiger partial charge in [0.2, 0.25) is 0 Å². The van der Waals surface area contributed by atoms with Crippen LogP contribution in [0.3, 0.4) is 0 Å². The summed E-state index contributed by atoms with van der Waals surface area (Å²) in [6, 6.07) is 1.60. The molecule has 0 aliphatic carbocycles. The number of hydrogen-bond acceptors (Lipinski definition) is 6. The van der Waals surface area contributed by atoms with Crippen LogP contribution in [0.15, 0.2) is 27.7 Å². The van der Waals surface area contributed by atoms with Gasteiger partial charge < -0.3 is 14.1 Å². The topological polar surface area (TPSA) is 73.4 Å². The van der Waals surface area contributed by atoms with Crippen molar-refractivity contribution in [1.29, 1.82) is 0 Å². The predicted octanol–water partition coefficient (Wildman–Crippen LogP) is 0.425. The number of oxazole rings is 1. The van der Waals surface area contributed by atoms with Gasteiger partial charge in [0, 0.05) is 26.1 Å². The summed E-state index contributed by atoms with van der Waals surface area (Å²) in [4.78, 5) is 18.3. The molecule has 0 saturated carbocycles. The third kappa shape index (κ3) is 2.72. The van der Waals surface area contributed by atoms with E-state index in [2.05, 4.69) is 15.0 Å². The van der Waals surface area contributed by atoms with Crippen molar-refractivity contribution in [1.82, 2.24) is 14.8 Å². The van der Waals surface area contributed by atoms with E-state index in [1.165, 1.54) is 4.68 Å². The molecule has 1 aliphatic heterocycles. The van der Waals surface area contributed by atoms with Gasteiger partial charge in [0.05, 0.1) is 31.6 Å². The third-order valence-corrected chi connectivity index (χ3v) is 3.21. The van der Waals surface area contributed by atoms with E-state index in [0.29, 0.717) is 31.3 Å². The highest BCUT2D eigenvalue weighted by Gasteiger charge is 2.13. The lowest BCUT2D eigenvalue weighted by atomic mass is 10.3. The number of aryl methyl sites for hydroxylation is 1. The molecule has 0 radical (unpaired) electrons. The van der Waals surface area contributed by atoms with Crippen LogP contribution in [0.25, 0.3) is 0 Å². The lowest BCUT2D eigenvalue weighted by Crippen LogP contribution is -2.37. The first kappa shape index (κ1) is 12.9. The van der Waals surface area contributed by atoms with Crippen molar-refractivity contribution in [2.75, 3.05) is 31.2 Å². The normalized spacial score (nSPS) is 15.6. The van der Waals surface area contributed by atoms with Gasteiger partial charge in [-0.25, -0.2) is 9.67 Å². The molecule has 0 amide bonds. The van der Waals surface area contributed by atoms with Gasteiger partial charge in [0.25, 0.3) is 5.56 Å². The number of aromatic nitrogens is 3. The van der Waals surface area contributed by atoms with Gasteiger partial charge in [-0.05, 0) is 0 Å². The minimum absolute atomic E-state index is 0.144. The lowest BCUT2D eigenvalue weighted by molar-refractivity contribution is 0.122. The van der Waals surface area contributed by atoms with Crippen molar-refractivity contribution in [3.05, 3.63) is 40.5 Å². The Morgan fingerprint density at radius 3 is 2.80 bits per heavy atom. The molecule has 7 nitrogen and oxygen atoms in total. The summed E-state index contributed by atoms with van der Waals surface area (Å²) >= 11 is 0. The van der Waals surface area contributed by atoms with Crippen molar-refractivity contribution < 1.29 is 9.15 Å². The van der Waals surface area contributed by atoms with Crippen molar-refractivity contribution in [2.24, 2.45) is 0 Å². The maximum absolute atomic E-state index is 12.1. The van der Waals surface area contributed by atoms with Crippen molar-refractivity contribution in [2.45, 2.75) is 13.5 Å². The van der Waals surface area contributed by atoms with Crippen LogP contribution in [-0.4, -0.2) is 41.1 Å². The molecule has 1 aliphatic rings. The van der Waals surface area contributed by atoms with Crippen molar-refractivity contribution >= 4 is 5.69 Å². The van der Waals surface area contributed by atoms with E-state index in [-0.39, 0.29) is 5.56 Å². The molecule has 2 aromatic heterocycles. The fraction of sp³-hybridized carbons (Fsp3) is 0.462. The zero-order valence-electron chi connectivity index (χ0n) is 11.3. The monoisotopic (exact) mass is 276 g/mol. The van der Waals surface area contributed by atoms with Gasteiger partial charge in [-0.1, -0.05) is 0 Å². The van der Waals surface area contributed by atoms with E-state index in [9.17, 15) is 4.79 Å². The van der Waals surface area contributed by atoms with Gasteiger partial charge in [0.1, 0.15) is 12.0 Å². The molecule has 7 heteroatoms. The maximum atomic E-state index is 12.1. The Kier molecular flexibility index (Phi) is 3.51. The van der Waals surface area contributed by atoms with Crippen molar-refractivity contribution in [3.63, 3.8) is 0 Å². The molecular formula is C13H16N4O3. The van der Waals surface area contributed by atoms with E-state index in [1.54, 1.807) is 25.5 Å². The molecule has 0 bridgehead atoms. The number of morpholine rings is 1. The lowest BCUT2D eigenvalue weighted by Gasteiger charge is -2.28. The van der Waals surface area contributed by atoms with Crippen LogP contribution >= 0.6 is 0 Å². The molecule has 1 fully saturated rings. The largest absolute Gasteiger partial charge is 0.449 e. The Labute approximate surface area is 115 Å². The summed E-state index contributed by atoms with van der Waals surface area (Å²) in [5.41, 5.74) is 1.39. The number of anilines is 1. The summed E-state index contributed by atoms with van der Waals surface area (Å²) in [5, 5.41) is 4.20. The number of hydrogen-bond donors (Lipinski definition) is 0. The molecule has 0 aromatic carbocycles. The molecule has 0 unspecified atom stereocenters. The van der Waals surface area contributed by atoms with Gasteiger partial charge in [-0.15, -0.1) is 0 Å².